The fraction of sp³-hybridized carbons (Fsp3) is 0.625. The van der Waals surface area contributed by atoms with Crippen molar-refractivity contribution in [1.82, 2.24) is 0 Å². The normalized spacial score (nSPS) is 12.7. The first-order valence-corrected chi connectivity index (χ1v) is 7.13. The van der Waals surface area contributed by atoms with Gasteiger partial charge in [0.25, 0.3) is 0 Å². The number of aryl methyl sites for hydroxylation is 1. The van der Waals surface area contributed by atoms with E-state index in [0.717, 1.165) is 25.2 Å². The molecule has 0 aromatic heterocycles. The van der Waals surface area contributed by atoms with Crippen LogP contribution >= 0.6 is 0 Å². The second-order valence-corrected chi connectivity index (χ2v) is 5.48. The van der Waals surface area contributed by atoms with Crippen molar-refractivity contribution >= 4 is 0 Å². The van der Waals surface area contributed by atoms with E-state index in [-0.39, 0.29) is 6.04 Å². The summed E-state index contributed by atoms with van der Waals surface area (Å²) in [5, 5.41) is 0. The summed E-state index contributed by atoms with van der Waals surface area (Å²) in [7, 11) is 0. The highest BCUT2D eigenvalue weighted by Crippen LogP contribution is 2.13. The summed E-state index contributed by atoms with van der Waals surface area (Å²) < 4.78 is 11.1. The molecule has 0 radical (unpaired) electrons. The van der Waals surface area contributed by atoms with Crippen molar-refractivity contribution in [3.63, 3.8) is 0 Å². The molecule has 0 aliphatic heterocycles. The fourth-order valence-corrected chi connectivity index (χ4v) is 1.68. The van der Waals surface area contributed by atoms with Gasteiger partial charge >= 0.3 is 0 Å². The molecule has 1 unspecified atom stereocenters. The Morgan fingerprint density at radius 3 is 2.32 bits per heavy atom. The highest BCUT2D eigenvalue weighted by atomic mass is 16.5. The lowest BCUT2D eigenvalue weighted by Gasteiger charge is -2.09. The molecule has 1 aromatic rings. The van der Waals surface area contributed by atoms with Gasteiger partial charge in [-0.3, -0.25) is 0 Å². The molecule has 19 heavy (non-hydrogen) atoms. The van der Waals surface area contributed by atoms with Crippen molar-refractivity contribution < 1.29 is 9.47 Å². The predicted molar refractivity (Wildman–Crippen MR) is 79.6 cm³/mol. The number of hydrogen-bond acceptors (Lipinski definition) is 3. The largest absolute Gasteiger partial charge is 0.491 e. The standard InChI is InChI=1S/C16H27NO2/c1-13(2)12-18-10-11-19-16-8-6-15(7-9-16)5-4-14(3)17/h6-9,13-14H,4-5,10-12,17H2,1-3H3. The van der Waals surface area contributed by atoms with Gasteiger partial charge in [0.15, 0.2) is 0 Å². The van der Waals surface area contributed by atoms with Crippen LogP contribution < -0.4 is 10.5 Å². The molecule has 1 aromatic carbocycles. The zero-order valence-electron chi connectivity index (χ0n) is 12.4. The van der Waals surface area contributed by atoms with Crippen LogP contribution in [-0.2, 0) is 11.2 Å². The van der Waals surface area contributed by atoms with E-state index >= 15 is 0 Å². The molecule has 108 valence electrons. The molecule has 0 aliphatic carbocycles. The summed E-state index contributed by atoms with van der Waals surface area (Å²) in [6.07, 6.45) is 2.04. The van der Waals surface area contributed by atoms with Crippen LogP contribution in [0.4, 0.5) is 0 Å². The van der Waals surface area contributed by atoms with Gasteiger partial charge in [0.1, 0.15) is 12.4 Å². The zero-order valence-corrected chi connectivity index (χ0v) is 12.4. The van der Waals surface area contributed by atoms with Crippen LogP contribution in [0.15, 0.2) is 24.3 Å². The summed E-state index contributed by atoms with van der Waals surface area (Å²) in [6.45, 7) is 8.36. The Morgan fingerprint density at radius 2 is 1.74 bits per heavy atom. The van der Waals surface area contributed by atoms with Crippen molar-refractivity contribution in [3.05, 3.63) is 29.8 Å². The van der Waals surface area contributed by atoms with Crippen LogP contribution in [0.25, 0.3) is 0 Å². The Hall–Kier alpha value is -1.06. The molecular weight excluding hydrogens is 238 g/mol. The Bertz CT molecular complexity index is 333. The van der Waals surface area contributed by atoms with Crippen LogP contribution in [-0.4, -0.2) is 25.9 Å². The summed E-state index contributed by atoms with van der Waals surface area (Å²) in [5.74, 6) is 1.47. The molecule has 1 rings (SSSR count). The first-order chi connectivity index (χ1) is 9.08. The molecule has 0 aliphatic rings. The summed E-state index contributed by atoms with van der Waals surface area (Å²) in [5.41, 5.74) is 7.05. The van der Waals surface area contributed by atoms with E-state index in [1.54, 1.807) is 0 Å². The Labute approximate surface area is 117 Å². The molecule has 0 bridgehead atoms. The van der Waals surface area contributed by atoms with Gasteiger partial charge in [-0.05, 0) is 43.4 Å². The monoisotopic (exact) mass is 265 g/mol. The third-order valence-corrected chi connectivity index (χ3v) is 2.76. The first kappa shape index (κ1) is 16.0. The highest BCUT2D eigenvalue weighted by Gasteiger charge is 1.99. The van der Waals surface area contributed by atoms with E-state index in [1.165, 1.54) is 5.56 Å². The SMILES string of the molecule is CC(C)COCCOc1ccc(CCC(C)N)cc1. The Balaban J connectivity index is 2.20. The summed E-state index contributed by atoms with van der Waals surface area (Å²) in [4.78, 5) is 0. The number of rotatable bonds is 9. The van der Waals surface area contributed by atoms with Gasteiger partial charge in [-0.15, -0.1) is 0 Å². The van der Waals surface area contributed by atoms with E-state index in [9.17, 15) is 0 Å². The lowest BCUT2D eigenvalue weighted by atomic mass is 10.1. The second-order valence-electron chi connectivity index (χ2n) is 5.48. The van der Waals surface area contributed by atoms with E-state index in [4.69, 9.17) is 15.2 Å². The maximum absolute atomic E-state index is 5.75. The van der Waals surface area contributed by atoms with Crippen molar-refractivity contribution in [1.29, 1.82) is 0 Å². The average Bonchev–Trinajstić information content (AvgIpc) is 2.37. The van der Waals surface area contributed by atoms with E-state index in [1.807, 2.05) is 19.1 Å². The molecule has 0 heterocycles. The lowest BCUT2D eigenvalue weighted by Crippen LogP contribution is -2.15. The van der Waals surface area contributed by atoms with Gasteiger partial charge in [-0.2, -0.15) is 0 Å². The number of ether oxygens (including phenoxy) is 2. The van der Waals surface area contributed by atoms with Crippen LogP contribution in [0, 0.1) is 5.92 Å². The Morgan fingerprint density at radius 1 is 1.05 bits per heavy atom. The minimum absolute atomic E-state index is 0.258. The van der Waals surface area contributed by atoms with E-state index in [2.05, 4.69) is 26.0 Å². The number of benzene rings is 1. The molecule has 3 nitrogen and oxygen atoms in total. The third-order valence-electron chi connectivity index (χ3n) is 2.76. The van der Waals surface area contributed by atoms with E-state index < -0.39 is 0 Å². The van der Waals surface area contributed by atoms with Gasteiger partial charge in [0.05, 0.1) is 6.61 Å². The summed E-state index contributed by atoms with van der Waals surface area (Å²) in [6, 6.07) is 8.49. The molecule has 0 saturated heterocycles. The number of nitrogens with two attached hydrogens (primary N) is 1. The van der Waals surface area contributed by atoms with Crippen molar-refractivity contribution in [2.75, 3.05) is 19.8 Å². The van der Waals surface area contributed by atoms with Gasteiger partial charge < -0.3 is 15.2 Å². The van der Waals surface area contributed by atoms with Gasteiger partial charge in [0.2, 0.25) is 0 Å². The quantitative estimate of drug-likeness (QED) is 0.698. The molecule has 0 spiro atoms. The molecule has 3 heteroatoms. The van der Waals surface area contributed by atoms with Crippen molar-refractivity contribution in [3.8, 4) is 5.75 Å². The maximum Gasteiger partial charge on any atom is 0.119 e. The molecule has 0 saturated carbocycles. The molecule has 0 fully saturated rings. The van der Waals surface area contributed by atoms with Crippen LogP contribution in [0.3, 0.4) is 0 Å². The smallest absolute Gasteiger partial charge is 0.119 e. The fourth-order valence-electron chi connectivity index (χ4n) is 1.68. The Kier molecular flexibility index (Phi) is 7.53. The molecule has 0 amide bonds. The molecule has 1 atom stereocenters. The topological polar surface area (TPSA) is 44.5 Å². The van der Waals surface area contributed by atoms with E-state index in [0.29, 0.717) is 19.1 Å². The predicted octanol–water partition coefficient (Wildman–Crippen LogP) is 3.02. The average molecular weight is 265 g/mol. The van der Waals surface area contributed by atoms with Crippen LogP contribution in [0.1, 0.15) is 32.8 Å². The lowest BCUT2D eigenvalue weighted by molar-refractivity contribution is 0.0819. The molecule has 2 N–H and O–H groups in total. The third kappa shape index (κ3) is 7.85. The van der Waals surface area contributed by atoms with Gasteiger partial charge in [0, 0.05) is 12.6 Å². The van der Waals surface area contributed by atoms with Crippen LogP contribution in [0.5, 0.6) is 5.75 Å². The highest BCUT2D eigenvalue weighted by molar-refractivity contribution is 5.27. The maximum atomic E-state index is 5.75. The van der Waals surface area contributed by atoms with Crippen LogP contribution in [0.2, 0.25) is 0 Å². The zero-order chi connectivity index (χ0) is 14.1. The van der Waals surface area contributed by atoms with Crippen molar-refractivity contribution in [2.24, 2.45) is 11.7 Å². The van der Waals surface area contributed by atoms with Gasteiger partial charge in [-0.25, -0.2) is 0 Å². The minimum Gasteiger partial charge on any atom is -0.491 e. The second kappa shape index (κ2) is 8.94. The summed E-state index contributed by atoms with van der Waals surface area (Å²) >= 11 is 0. The number of hydrogen-bond donors (Lipinski definition) is 1. The first-order valence-electron chi connectivity index (χ1n) is 7.13. The molecular formula is C16H27NO2. The van der Waals surface area contributed by atoms with Gasteiger partial charge in [-0.1, -0.05) is 26.0 Å². The minimum atomic E-state index is 0.258. The van der Waals surface area contributed by atoms with Crippen molar-refractivity contribution in [2.45, 2.75) is 39.7 Å².